The van der Waals surface area contributed by atoms with Crippen molar-refractivity contribution in [3.05, 3.63) is 16.5 Å². The number of hydrogen-bond acceptors (Lipinski definition) is 3. The minimum Gasteiger partial charge on any atom is -0.467 e. The predicted molar refractivity (Wildman–Crippen MR) is 43.6 cm³/mol. The van der Waals surface area contributed by atoms with E-state index in [4.69, 9.17) is 23.2 Å². The standard InChI is InChI=1S/C6H3Cl2F3N2O/c7-3-1-12-5(8)13-4(3)14-2-6(9,10)11/h1H,2H2. The molecule has 0 aliphatic carbocycles. The second kappa shape index (κ2) is 4.18. The first kappa shape index (κ1) is 11.3. The fourth-order valence-corrected chi connectivity index (χ4v) is 0.854. The van der Waals surface area contributed by atoms with Crippen LogP contribution in [0.15, 0.2) is 6.20 Å². The van der Waals surface area contributed by atoms with E-state index in [-0.39, 0.29) is 16.2 Å². The minimum atomic E-state index is -4.44. The Balaban J connectivity index is 2.72. The number of hydrogen-bond donors (Lipinski definition) is 0. The fourth-order valence-electron chi connectivity index (χ4n) is 0.583. The third-order valence-electron chi connectivity index (χ3n) is 1.06. The van der Waals surface area contributed by atoms with Gasteiger partial charge in [-0.05, 0) is 11.6 Å². The van der Waals surface area contributed by atoms with Gasteiger partial charge in [0.1, 0.15) is 5.02 Å². The molecular formula is C6H3Cl2F3N2O. The Morgan fingerprint density at radius 2 is 2.00 bits per heavy atom. The highest BCUT2D eigenvalue weighted by molar-refractivity contribution is 6.32. The number of nitrogens with zero attached hydrogens (tertiary/aromatic N) is 2. The van der Waals surface area contributed by atoms with E-state index in [1.807, 2.05) is 0 Å². The van der Waals surface area contributed by atoms with Gasteiger partial charge in [-0.25, -0.2) is 4.98 Å². The van der Waals surface area contributed by atoms with Crippen LogP contribution in [0.5, 0.6) is 5.88 Å². The molecule has 78 valence electrons. The summed E-state index contributed by atoms with van der Waals surface area (Å²) in [4.78, 5) is 6.82. The molecule has 14 heavy (non-hydrogen) atoms. The maximum atomic E-state index is 11.7. The van der Waals surface area contributed by atoms with Crippen molar-refractivity contribution in [2.75, 3.05) is 6.61 Å². The number of halogens is 5. The van der Waals surface area contributed by atoms with Crippen LogP contribution < -0.4 is 4.74 Å². The molecule has 0 radical (unpaired) electrons. The average molecular weight is 247 g/mol. The van der Waals surface area contributed by atoms with Gasteiger partial charge in [-0.15, -0.1) is 0 Å². The smallest absolute Gasteiger partial charge is 0.422 e. The summed E-state index contributed by atoms with van der Waals surface area (Å²) < 4.78 is 39.5. The lowest BCUT2D eigenvalue weighted by Crippen LogP contribution is -2.19. The molecule has 0 saturated heterocycles. The summed E-state index contributed by atoms with van der Waals surface area (Å²) in [5, 5.41) is -0.356. The Morgan fingerprint density at radius 1 is 1.36 bits per heavy atom. The molecule has 0 fully saturated rings. The number of alkyl halides is 3. The molecule has 8 heteroatoms. The lowest BCUT2D eigenvalue weighted by molar-refractivity contribution is -0.154. The van der Waals surface area contributed by atoms with Crippen LogP contribution in [0.4, 0.5) is 13.2 Å². The van der Waals surface area contributed by atoms with Crippen molar-refractivity contribution < 1.29 is 17.9 Å². The zero-order chi connectivity index (χ0) is 10.8. The van der Waals surface area contributed by atoms with Gasteiger partial charge in [-0.2, -0.15) is 18.2 Å². The molecule has 0 aromatic carbocycles. The Bertz CT molecular complexity index is 331. The van der Waals surface area contributed by atoms with Gasteiger partial charge in [0, 0.05) is 0 Å². The third-order valence-corrected chi connectivity index (χ3v) is 1.50. The molecule has 1 heterocycles. The lowest BCUT2D eigenvalue weighted by atomic mass is 10.6. The molecule has 0 unspecified atom stereocenters. The molecule has 1 aromatic rings. The molecule has 0 aliphatic heterocycles. The predicted octanol–water partition coefficient (Wildman–Crippen LogP) is 2.72. The zero-order valence-corrected chi connectivity index (χ0v) is 7.99. The van der Waals surface area contributed by atoms with Gasteiger partial charge in [0.25, 0.3) is 0 Å². The van der Waals surface area contributed by atoms with Crippen LogP contribution in [0.25, 0.3) is 0 Å². The van der Waals surface area contributed by atoms with E-state index < -0.39 is 12.8 Å². The van der Waals surface area contributed by atoms with E-state index in [1.54, 1.807) is 0 Å². The van der Waals surface area contributed by atoms with Crippen LogP contribution in [0.1, 0.15) is 0 Å². The van der Waals surface area contributed by atoms with E-state index in [1.165, 1.54) is 0 Å². The highest BCUT2D eigenvalue weighted by atomic mass is 35.5. The normalized spacial score (nSPS) is 11.5. The average Bonchev–Trinajstić information content (AvgIpc) is 2.05. The Labute approximate surface area is 86.8 Å². The summed E-state index contributed by atoms with van der Waals surface area (Å²) in [6.45, 7) is -1.47. The maximum Gasteiger partial charge on any atom is 0.422 e. The topological polar surface area (TPSA) is 35.0 Å². The summed E-state index contributed by atoms with van der Waals surface area (Å²) in [7, 11) is 0. The number of aromatic nitrogens is 2. The second-order valence-electron chi connectivity index (χ2n) is 2.20. The fraction of sp³-hybridized carbons (Fsp3) is 0.333. The number of rotatable bonds is 2. The van der Waals surface area contributed by atoms with Gasteiger partial charge < -0.3 is 4.74 Å². The highest BCUT2D eigenvalue weighted by Gasteiger charge is 2.29. The summed E-state index contributed by atoms with van der Waals surface area (Å²) in [5.41, 5.74) is 0. The van der Waals surface area contributed by atoms with Crippen molar-refractivity contribution in [2.24, 2.45) is 0 Å². The largest absolute Gasteiger partial charge is 0.467 e. The first-order valence-corrected chi connectivity index (χ1v) is 4.01. The Kier molecular flexibility index (Phi) is 3.38. The van der Waals surface area contributed by atoms with Crippen LogP contribution in [-0.2, 0) is 0 Å². The van der Waals surface area contributed by atoms with Gasteiger partial charge in [0.2, 0.25) is 11.2 Å². The molecule has 1 rings (SSSR count). The molecule has 0 N–H and O–H groups in total. The van der Waals surface area contributed by atoms with E-state index >= 15 is 0 Å². The summed E-state index contributed by atoms with van der Waals surface area (Å²) >= 11 is 10.8. The van der Waals surface area contributed by atoms with E-state index in [9.17, 15) is 13.2 Å². The summed E-state index contributed by atoms with van der Waals surface area (Å²) in [6, 6.07) is 0. The maximum absolute atomic E-state index is 11.7. The summed E-state index contributed by atoms with van der Waals surface area (Å²) in [6.07, 6.45) is -3.39. The molecular weight excluding hydrogens is 244 g/mol. The van der Waals surface area contributed by atoms with E-state index in [0.29, 0.717) is 0 Å². The molecule has 3 nitrogen and oxygen atoms in total. The molecule has 0 atom stereocenters. The third kappa shape index (κ3) is 3.55. The quantitative estimate of drug-likeness (QED) is 0.753. The molecule has 0 amide bonds. The Hall–Kier alpha value is -0.750. The minimum absolute atomic E-state index is 0.126. The lowest BCUT2D eigenvalue weighted by Gasteiger charge is -2.08. The van der Waals surface area contributed by atoms with Crippen molar-refractivity contribution in [2.45, 2.75) is 6.18 Å². The molecule has 0 saturated carbocycles. The van der Waals surface area contributed by atoms with Crippen molar-refractivity contribution in [3.8, 4) is 5.88 Å². The first-order chi connectivity index (χ1) is 6.38. The van der Waals surface area contributed by atoms with Crippen molar-refractivity contribution in [3.63, 3.8) is 0 Å². The van der Waals surface area contributed by atoms with Gasteiger partial charge in [0.05, 0.1) is 6.20 Å². The Morgan fingerprint density at radius 3 is 2.57 bits per heavy atom. The van der Waals surface area contributed by atoms with Crippen LogP contribution in [0.3, 0.4) is 0 Å². The SMILES string of the molecule is FC(F)(F)COc1nc(Cl)ncc1Cl. The van der Waals surface area contributed by atoms with Crippen LogP contribution in [0, 0.1) is 0 Å². The second-order valence-corrected chi connectivity index (χ2v) is 2.94. The van der Waals surface area contributed by atoms with Crippen LogP contribution >= 0.6 is 23.2 Å². The monoisotopic (exact) mass is 246 g/mol. The zero-order valence-electron chi connectivity index (χ0n) is 6.48. The van der Waals surface area contributed by atoms with Crippen LogP contribution in [0.2, 0.25) is 10.3 Å². The van der Waals surface area contributed by atoms with Gasteiger partial charge >= 0.3 is 6.18 Å². The van der Waals surface area contributed by atoms with Crippen molar-refractivity contribution in [1.82, 2.24) is 9.97 Å². The molecule has 1 aromatic heterocycles. The van der Waals surface area contributed by atoms with Crippen molar-refractivity contribution >= 4 is 23.2 Å². The summed E-state index contributed by atoms with van der Waals surface area (Å²) in [5.74, 6) is -0.385. The first-order valence-electron chi connectivity index (χ1n) is 3.26. The van der Waals surface area contributed by atoms with Gasteiger partial charge in [-0.3, -0.25) is 0 Å². The van der Waals surface area contributed by atoms with Crippen molar-refractivity contribution in [1.29, 1.82) is 0 Å². The van der Waals surface area contributed by atoms with Crippen LogP contribution in [-0.4, -0.2) is 22.8 Å². The molecule has 0 spiro atoms. The van der Waals surface area contributed by atoms with E-state index in [0.717, 1.165) is 6.20 Å². The van der Waals surface area contributed by atoms with Gasteiger partial charge in [0.15, 0.2) is 6.61 Å². The molecule has 0 bridgehead atoms. The van der Waals surface area contributed by atoms with Gasteiger partial charge in [-0.1, -0.05) is 11.6 Å². The highest BCUT2D eigenvalue weighted by Crippen LogP contribution is 2.24. The number of ether oxygens (including phenoxy) is 1. The molecule has 0 aliphatic rings. The van der Waals surface area contributed by atoms with E-state index in [2.05, 4.69) is 14.7 Å².